The Morgan fingerprint density at radius 1 is 1.29 bits per heavy atom. The SMILES string of the molecule is Cc1ccc(O[C@@H](C)C(=O)N[C@H]2CCSc3ccc(F)cc32)cc1. The summed E-state index contributed by atoms with van der Waals surface area (Å²) < 4.78 is 19.2. The normalized spacial score (nSPS) is 17.7. The molecule has 1 aliphatic heterocycles. The molecule has 2 aromatic rings. The third-order valence-corrected chi connectivity index (χ3v) is 5.15. The Hall–Kier alpha value is -2.01. The van der Waals surface area contributed by atoms with Crippen molar-refractivity contribution in [1.29, 1.82) is 0 Å². The molecule has 0 unspecified atom stereocenters. The van der Waals surface area contributed by atoms with Gasteiger partial charge in [0.15, 0.2) is 6.10 Å². The number of ether oxygens (including phenoxy) is 1. The van der Waals surface area contributed by atoms with Crippen LogP contribution in [0.5, 0.6) is 5.75 Å². The fraction of sp³-hybridized carbons (Fsp3) is 0.316. The van der Waals surface area contributed by atoms with Gasteiger partial charge < -0.3 is 10.1 Å². The zero-order valence-corrected chi connectivity index (χ0v) is 14.5. The van der Waals surface area contributed by atoms with Gasteiger partial charge in [-0.3, -0.25) is 4.79 Å². The molecule has 2 atom stereocenters. The van der Waals surface area contributed by atoms with Crippen LogP contribution in [0.3, 0.4) is 0 Å². The average molecular weight is 345 g/mol. The van der Waals surface area contributed by atoms with Crippen LogP contribution in [-0.2, 0) is 4.79 Å². The predicted octanol–water partition coefficient (Wildman–Crippen LogP) is 4.25. The van der Waals surface area contributed by atoms with Crippen molar-refractivity contribution >= 4 is 17.7 Å². The molecule has 0 bridgehead atoms. The van der Waals surface area contributed by atoms with E-state index >= 15 is 0 Å². The molecule has 1 aliphatic rings. The lowest BCUT2D eigenvalue weighted by atomic mass is 10.0. The number of amides is 1. The first-order chi connectivity index (χ1) is 11.5. The van der Waals surface area contributed by atoms with E-state index in [1.165, 1.54) is 12.1 Å². The number of hydrogen-bond acceptors (Lipinski definition) is 3. The number of nitrogens with one attached hydrogen (secondary N) is 1. The van der Waals surface area contributed by atoms with Gasteiger partial charge in [0.1, 0.15) is 11.6 Å². The average Bonchev–Trinajstić information content (AvgIpc) is 2.57. The number of fused-ring (bicyclic) bond motifs is 1. The smallest absolute Gasteiger partial charge is 0.261 e. The number of aryl methyl sites for hydroxylation is 1. The first-order valence-electron chi connectivity index (χ1n) is 7.99. The van der Waals surface area contributed by atoms with Crippen LogP contribution in [0, 0.1) is 12.7 Å². The zero-order valence-electron chi connectivity index (χ0n) is 13.7. The molecule has 0 radical (unpaired) electrons. The Balaban J connectivity index is 1.67. The number of benzene rings is 2. The molecular weight excluding hydrogens is 325 g/mol. The van der Waals surface area contributed by atoms with E-state index in [2.05, 4.69) is 5.32 Å². The summed E-state index contributed by atoms with van der Waals surface area (Å²) in [5.74, 6) is 1.09. The maximum absolute atomic E-state index is 13.5. The van der Waals surface area contributed by atoms with Gasteiger partial charge in [0.05, 0.1) is 6.04 Å². The topological polar surface area (TPSA) is 38.3 Å². The van der Waals surface area contributed by atoms with E-state index in [9.17, 15) is 9.18 Å². The highest BCUT2D eigenvalue weighted by Crippen LogP contribution is 2.36. The number of carbonyl (C=O) groups excluding carboxylic acids is 1. The number of rotatable bonds is 4. The molecule has 1 amide bonds. The summed E-state index contributed by atoms with van der Waals surface area (Å²) in [7, 11) is 0. The number of hydrogen-bond donors (Lipinski definition) is 1. The van der Waals surface area contributed by atoms with Gasteiger partial charge in [-0.2, -0.15) is 0 Å². The number of halogens is 1. The maximum atomic E-state index is 13.5. The molecule has 0 aliphatic carbocycles. The quantitative estimate of drug-likeness (QED) is 0.900. The van der Waals surface area contributed by atoms with E-state index in [1.54, 1.807) is 24.8 Å². The summed E-state index contributed by atoms with van der Waals surface area (Å²) in [5.41, 5.74) is 1.99. The molecule has 3 nitrogen and oxygen atoms in total. The molecule has 0 fully saturated rings. The van der Waals surface area contributed by atoms with Gasteiger partial charge in [-0.1, -0.05) is 17.7 Å². The second kappa shape index (κ2) is 7.26. The van der Waals surface area contributed by atoms with Gasteiger partial charge in [-0.05, 0) is 56.2 Å². The maximum Gasteiger partial charge on any atom is 0.261 e. The first-order valence-corrected chi connectivity index (χ1v) is 8.97. The van der Waals surface area contributed by atoms with Gasteiger partial charge in [-0.25, -0.2) is 4.39 Å². The third-order valence-electron chi connectivity index (χ3n) is 4.03. The Kier molecular flexibility index (Phi) is 5.09. The predicted molar refractivity (Wildman–Crippen MR) is 93.9 cm³/mol. The lowest BCUT2D eigenvalue weighted by Crippen LogP contribution is -2.39. The van der Waals surface area contributed by atoms with E-state index < -0.39 is 6.10 Å². The van der Waals surface area contributed by atoms with E-state index in [0.29, 0.717) is 5.75 Å². The van der Waals surface area contributed by atoms with Gasteiger partial charge in [-0.15, -0.1) is 11.8 Å². The summed E-state index contributed by atoms with van der Waals surface area (Å²) in [6.45, 7) is 3.72. The Labute approximate surface area is 145 Å². The zero-order chi connectivity index (χ0) is 17.1. The molecule has 0 aromatic heterocycles. The highest BCUT2D eigenvalue weighted by Gasteiger charge is 2.25. The summed E-state index contributed by atoms with van der Waals surface area (Å²) in [5, 5.41) is 2.99. The van der Waals surface area contributed by atoms with Crippen molar-refractivity contribution in [2.45, 2.75) is 37.3 Å². The monoisotopic (exact) mass is 345 g/mol. The van der Waals surface area contributed by atoms with Gasteiger partial charge in [0.2, 0.25) is 0 Å². The molecule has 1 N–H and O–H groups in total. The third kappa shape index (κ3) is 3.90. The van der Waals surface area contributed by atoms with Crippen molar-refractivity contribution in [2.75, 3.05) is 5.75 Å². The molecule has 1 heterocycles. The lowest BCUT2D eigenvalue weighted by molar-refractivity contribution is -0.128. The van der Waals surface area contributed by atoms with E-state index in [-0.39, 0.29) is 17.8 Å². The summed E-state index contributed by atoms with van der Waals surface area (Å²) in [4.78, 5) is 13.5. The Morgan fingerprint density at radius 3 is 2.79 bits per heavy atom. The molecule has 126 valence electrons. The van der Waals surface area contributed by atoms with Crippen molar-refractivity contribution in [3.05, 3.63) is 59.4 Å². The molecule has 0 saturated heterocycles. The second-order valence-electron chi connectivity index (χ2n) is 5.95. The molecule has 5 heteroatoms. The minimum Gasteiger partial charge on any atom is -0.481 e. The van der Waals surface area contributed by atoms with Crippen LogP contribution >= 0.6 is 11.8 Å². The van der Waals surface area contributed by atoms with Crippen molar-refractivity contribution < 1.29 is 13.9 Å². The minimum absolute atomic E-state index is 0.173. The lowest BCUT2D eigenvalue weighted by Gasteiger charge is -2.27. The standard InChI is InChI=1S/C19H20FNO2S/c1-12-3-6-15(7-4-12)23-13(2)19(22)21-17-9-10-24-18-8-5-14(20)11-16(17)18/h3-8,11,13,17H,9-10H2,1-2H3,(H,21,22)/t13-,17-/m0/s1. The van der Waals surface area contributed by atoms with Crippen LogP contribution < -0.4 is 10.1 Å². The van der Waals surface area contributed by atoms with E-state index in [1.807, 2.05) is 31.2 Å². The summed E-state index contributed by atoms with van der Waals surface area (Å²) in [6, 6.07) is 12.2. The van der Waals surface area contributed by atoms with Gasteiger partial charge in [0, 0.05) is 10.6 Å². The summed E-state index contributed by atoms with van der Waals surface area (Å²) in [6.07, 6.45) is 0.170. The van der Waals surface area contributed by atoms with Crippen LogP contribution in [0.2, 0.25) is 0 Å². The fourth-order valence-electron chi connectivity index (χ4n) is 2.68. The van der Waals surface area contributed by atoms with Crippen molar-refractivity contribution in [3.63, 3.8) is 0 Å². The Bertz CT molecular complexity index is 733. The molecule has 24 heavy (non-hydrogen) atoms. The fourth-order valence-corrected chi connectivity index (χ4v) is 3.78. The van der Waals surface area contributed by atoms with Crippen molar-refractivity contribution in [2.24, 2.45) is 0 Å². The molecule has 3 rings (SSSR count). The van der Waals surface area contributed by atoms with Crippen LogP contribution in [0.4, 0.5) is 4.39 Å². The van der Waals surface area contributed by atoms with E-state index in [0.717, 1.165) is 28.2 Å². The van der Waals surface area contributed by atoms with Crippen LogP contribution in [0.1, 0.15) is 30.5 Å². The molecule has 0 spiro atoms. The molecule has 0 saturated carbocycles. The largest absolute Gasteiger partial charge is 0.481 e. The van der Waals surface area contributed by atoms with Crippen LogP contribution in [-0.4, -0.2) is 17.8 Å². The first kappa shape index (κ1) is 16.8. The molecular formula is C19H20FNO2S. The van der Waals surface area contributed by atoms with Gasteiger partial charge >= 0.3 is 0 Å². The highest BCUT2D eigenvalue weighted by atomic mass is 32.2. The van der Waals surface area contributed by atoms with E-state index in [4.69, 9.17) is 4.74 Å². The highest BCUT2D eigenvalue weighted by molar-refractivity contribution is 7.99. The number of carbonyl (C=O) groups is 1. The van der Waals surface area contributed by atoms with Crippen LogP contribution in [0.25, 0.3) is 0 Å². The molecule has 2 aromatic carbocycles. The van der Waals surface area contributed by atoms with Crippen LogP contribution in [0.15, 0.2) is 47.4 Å². The summed E-state index contributed by atoms with van der Waals surface area (Å²) >= 11 is 1.69. The van der Waals surface area contributed by atoms with Crippen molar-refractivity contribution in [1.82, 2.24) is 5.32 Å². The van der Waals surface area contributed by atoms with Crippen molar-refractivity contribution in [3.8, 4) is 5.75 Å². The Morgan fingerprint density at radius 2 is 2.04 bits per heavy atom. The van der Waals surface area contributed by atoms with Gasteiger partial charge in [0.25, 0.3) is 5.91 Å². The number of thioether (sulfide) groups is 1. The minimum atomic E-state index is -0.612. The second-order valence-corrected chi connectivity index (χ2v) is 7.09.